The van der Waals surface area contributed by atoms with E-state index in [9.17, 15) is 14.4 Å². The second-order valence-electron chi connectivity index (χ2n) is 11.2. The fourth-order valence-corrected chi connectivity index (χ4v) is 5.26. The van der Waals surface area contributed by atoms with E-state index in [-0.39, 0.29) is 31.1 Å². The van der Waals surface area contributed by atoms with Gasteiger partial charge in [0, 0.05) is 62.6 Å². The molecule has 2 aromatic carbocycles. The predicted octanol–water partition coefficient (Wildman–Crippen LogP) is 4.36. The first-order chi connectivity index (χ1) is 24.7. The van der Waals surface area contributed by atoms with Gasteiger partial charge in [0.05, 0.1) is 18.7 Å². The second-order valence-corrected chi connectivity index (χ2v) is 11.2. The first-order valence-electron chi connectivity index (χ1n) is 16.3. The largest absolute Gasteiger partial charge is 0.487 e. The Morgan fingerprint density at radius 1 is 1.00 bits per heavy atom. The molecule has 15 nitrogen and oxygen atoms in total. The summed E-state index contributed by atoms with van der Waals surface area (Å²) in [6.07, 6.45) is 5.78. The number of nitrogens with one attached hydrogen (secondary N) is 2. The molecule has 1 saturated heterocycles. The Morgan fingerprint density at radius 2 is 1.69 bits per heavy atom. The number of hydrogen-bond donors (Lipinski definition) is 4. The highest BCUT2D eigenvalue weighted by molar-refractivity contribution is 6.03. The molecule has 1 aliphatic rings. The highest BCUT2D eigenvalue weighted by Gasteiger charge is 2.21. The number of aliphatic hydroxyl groups excluding tert-OH is 1. The first-order valence-corrected chi connectivity index (χ1v) is 16.3. The van der Waals surface area contributed by atoms with Gasteiger partial charge in [0.2, 0.25) is 0 Å². The Balaban J connectivity index is 0.000000795. The van der Waals surface area contributed by atoms with E-state index in [0.29, 0.717) is 53.3 Å². The van der Waals surface area contributed by atoms with Gasteiger partial charge in [-0.25, -0.2) is 9.78 Å². The van der Waals surface area contributed by atoms with Crippen LogP contribution in [0, 0.1) is 0 Å². The number of carboxylic acids is 1. The molecule has 0 radical (unpaired) electrons. The summed E-state index contributed by atoms with van der Waals surface area (Å²) in [5.74, 6) is 1.12. The lowest BCUT2D eigenvalue weighted by Crippen LogP contribution is -2.34. The number of carbonyl (C=O) groups excluding carboxylic acids is 4. The summed E-state index contributed by atoms with van der Waals surface area (Å²) in [6, 6.07) is 16.2. The number of aliphatic hydroxyl groups is 1. The molecule has 4 N–H and O–H groups in total. The number of aliphatic carboxylic acids is 1. The number of amides is 2. The van der Waals surface area contributed by atoms with E-state index in [1.807, 2.05) is 30.3 Å². The molecule has 2 aromatic heterocycles. The quantitative estimate of drug-likeness (QED) is 0.152. The molecule has 3 heterocycles. The van der Waals surface area contributed by atoms with Crippen LogP contribution in [0.1, 0.15) is 48.0 Å². The molecule has 51 heavy (non-hydrogen) atoms. The van der Waals surface area contributed by atoms with Gasteiger partial charge in [-0.1, -0.05) is 19.1 Å². The van der Waals surface area contributed by atoms with Crippen molar-refractivity contribution in [1.29, 1.82) is 0 Å². The molecule has 15 heteroatoms. The maximum Gasteiger partial charge on any atom is 0.373 e. The van der Waals surface area contributed by atoms with Crippen molar-refractivity contribution in [1.82, 2.24) is 19.8 Å². The number of carbonyl (C=O) groups is 3. The molecule has 0 aliphatic carbocycles. The number of rotatable bonds is 12. The van der Waals surface area contributed by atoms with Crippen LogP contribution in [0.2, 0.25) is 0 Å². The maximum absolute atomic E-state index is 13.0. The normalized spacial score (nSPS) is 12.7. The lowest BCUT2D eigenvalue weighted by atomic mass is 9.89. The Bertz CT molecular complexity index is 1760. The number of β-amino-alcohol motifs (C(OH)–C–C–N with tert-alkyl or cyclic N) is 1. The van der Waals surface area contributed by atoms with E-state index in [2.05, 4.69) is 20.5 Å². The molecule has 1 fully saturated rings. The molecule has 0 atom stereocenters. The summed E-state index contributed by atoms with van der Waals surface area (Å²) in [7, 11) is 3.16. The summed E-state index contributed by atoms with van der Waals surface area (Å²) in [4.78, 5) is 57.5. The molecule has 0 saturated carbocycles. The average molecular weight is 706 g/mol. The first kappa shape index (κ1) is 39.8. The molecular weight excluding hydrogens is 662 g/mol. The lowest BCUT2D eigenvalue weighted by Gasteiger charge is -2.31. The van der Waals surface area contributed by atoms with Crippen LogP contribution in [0.25, 0.3) is 10.9 Å². The highest BCUT2D eigenvalue weighted by Crippen LogP contribution is 2.37. The number of benzene rings is 2. The number of anilines is 1. The zero-order chi connectivity index (χ0) is 37.2. The molecule has 5 rings (SSSR count). The number of likely N-dealkylation sites (tertiary alicyclic amines) is 1. The standard InChI is InChI=1S/C32H37N5O6.C3H6O2.CO2/c1-33-32(40)37-14-10-25-19-29(28(21-27(25)37)42-18-17-41-2)43-26-7-11-34-30(20-26)35-31(39)24-5-3-22(4-6-24)23-8-12-36(13-9-23)15-16-38;1-2-3(4)5;2-1-3/h3-7,10-11,14,19-21,23,38H,8-9,12-13,15-18H2,1-2H3,(H,33,40)(H,34,35,39);2H2,1H3,(H,4,5);. The molecule has 1 aliphatic heterocycles. The van der Waals surface area contributed by atoms with Crippen LogP contribution in [0.5, 0.6) is 17.2 Å². The van der Waals surface area contributed by atoms with E-state index in [1.165, 1.54) is 10.1 Å². The van der Waals surface area contributed by atoms with Gasteiger partial charge in [-0.2, -0.15) is 9.59 Å². The average Bonchev–Trinajstić information content (AvgIpc) is 3.55. The van der Waals surface area contributed by atoms with E-state index in [0.717, 1.165) is 37.9 Å². The van der Waals surface area contributed by atoms with Crippen LogP contribution in [0.3, 0.4) is 0 Å². The number of pyridine rings is 1. The zero-order valence-corrected chi connectivity index (χ0v) is 28.8. The van der Waals surface area contributed by atoms with Crippen LogP contribution in [0.15, 0.2) is 67.0 Å². The van der Waals surface area contributed by atoms with Gasteiger partial charge in [-0.3, -0.25) is 14.2 Å². The smallest absolute Gasteiger partial charge is 0.373 e. The highest BCUT2D eigenvalue weighted by atomic mass is 16.5. The van der Waals surface area contributed by atoms with Crippen LogP contribution >= 0.6 is 0 Å². The van der Waals surface area contributed by atoms with Crippen molar-refractivity contribution in [2.24, 2.45) is 0 Å². The van der Waals surface area contributed by atoms with E-state index < -0.39 is 5.97 Å². The van der Waals surface area contributed by atoms with Crippen molar-refractivity contribution in [2.75, 3.05) is 58.9 Å². The van der Waals surface area contributed by atoms with Crippen LogP contribution in [0.4, 0.5) is 10.6 Å². The topological polar surface area (TPSA) is 199 Å². The Kier molecular flexibility index (Phi) is 16.3. The number of aromatic nitrogens is 2. The van der Waals surface area contributed by atoms with Gasteiger partial charge in [0.15, 0.2) is 11.5 Å². The van der Waals surface area contributed by atoms with Crippen LogP contribution in [-0.2, 0) is 19.1 Å². The number of nitrogens with zero attached hydrogens (tertiary/aromatic N) is 3. The molecule has 0 bridgehead atoms. The number of methoxy groups -OCH3 is 1. The molecule has 2 amide bonds. The predicted molar refractivity (Wildman–Crippen MR) is 186 cm³/mol. The van der Waals surface area contributed by atoms with E-state index in [4.69, 9.17) is 34.0 Å². The fraction of sp³-hybridized carbons (Fsp3) is 0.361. The number of piperidine rings is 1. The van der Waals surface area contributed by atoms with Gasteiger partial charge >= 0.3 is 18.2 Å². The zero-order valence-electron chi connectivity index (χ0n) is 28.8. The van der Waals surface area contributed by atoms with Crippen molar-refractivity contribution >= 4 is 40.8 Å². The van der Waals surface area contributed by atoms with Crippen molar-refractivity contribution < 1.29 is 48.4 Å². The van der Waals surface area contributed by atoms with Crippen LogP contribution in [-0.4, -0.2) is 102 Å². The summed E-state index contributed by atoms with van der Waals surface area (Å²) in [5.41, 5.74) is 2.43. The van der Waals surface area contributed by atoms with E-state index in [1.54, 1.807) is 57.7 Å². The SMILES string of the molecule is CCC(=O)O.CNC(=O)n1ccc2cc(Oc3ccnc(NC(=O)c4ccc(C5CCN(CCO)CC5)cc4)c3)c(OCCOC)cc21.O=C=O. The van der Waals surface area contributed by atoms with Gasteiger partial charge in [-0.15, -0.1) is 0 Å². The van der Waals surface area contributed by atoms with Gasteiger partial charge in [0.25, 0.3) is 5.91 Å². The number of ether oxygens (including phenoxy) is 3. The fourth-order valence-electron chi connectivity index (χ4n) is 5.26. The molecule has 0 spiro atoms. The van der Waals surface area contributed by atoms with E-state index >= 15 is 0 Å². The number of fused-ring (bicyclic) bond motifs is 1. The summed E-state index contributed by atoms with van der Waals surface area (Å²) < 4.78 is 18.7. The van der Waals surface area contributed by atoms with Gasteiger partial charge < -0.3 is 40.0 Å². The minimum Gasteiger partial charge on any atom is -0.487 e. The Morgan fingerprint density at radius 3 is 2.29 bits per heavy atom. The van der Waals surface area contributed by atoms with Crippen molar-refractivity contribution in [3.63, 3.8) is 0 Å². The maximum atomic E-state index is 13.0. The minimum atomic E-state index is -0.745. The Hall–Kier alpha value is -5.60. The number of carboxylic acid groups (broad SMARTS) is 1. The third kappa shape index (κ3) is 12.0. The van der Waals surface area contributed by atoms with Crippen LogP contribution < -0.4 is 20.1 Å². The third-order valence-corrected chi connectivity index (χ3v) is 7.88. The summed E-state index contributed by atoms with van der Waals surface area (Å²) >= 11 is 0. The molecule has 4 aromatic rings. The van der Waals surface area contributed by atoms with Crippen molar-refractivity contribution in [2.45, 2.75) is 32.1 Å². The van der Waals surface area contributed by atoms with Gasteiger partial charge in [-0.05, 0) is 67.7 Å². The second kappa shape index (κ2) is 20.8. The van der Waals surface area contributed by atoms with Gasteiger partial charge in [0.1, 0.15) is 18.2 Å². The Labute approximate surface area is 295 Å². The third-order valence-electron chi connectivity index (χ3n) is 7.88. The minimum absolute atomic E-state index is 0.188. The molecule has 0 unspecified atom stereocenters. The van der Waals surface area contributed by atoms with Crippen molar-refractivity contribution in [3.05, 3.63) is 78.1 Å². The summed E-state index contributed by atoms with van der Waals surface area (Å²) in [5, 5.41) is 23.2. The number of hydrogen-bond acceptors (Lipinski definition) is 11. The molecule has 272 valence electrons. The summed E-state index contributed by atoms with van der Waals surface area (Å²) in [6.45, 7) is 5.11. The van der Waals surface area contributed by atoms with Crippen molar-refractivity contribution in [3.8, 4) is 17.2 Å². The monoisotopic (exact) mass is 705 g/mol. The molecular formula is C36H43N5O10. The lowest BCUT2D eigenvalue weighted by molar-refractivity contribution is -0.191.